The van der Waals surface area contributed by atoms with Crippen LogP contribution in [0, 0.1) is 0 Å². The number of nitrogens with zero attached hydrogens (tertiary/aromatic N) is 6. The fraction of sp³-hybridized carbons (Fsp3) is 0.318. The molecule has 0 radical (unpaired) electrons. The average Bonchev–Trinajstić information content (AvgIpc) is 3.43. The van der Waals surface area contributed by atoms with Gasteiger partial charge in [-0.3, -0.25) is 4.79 Å². The highest BCUT2D eigenvalue weighted by molar-refractivity contribution is 6.32. The van der Waals surface area contributed by atoms with Crippen molar-refractivity contribution in [1.82, 2.24) is 25.3 Å². The van der Waals surface area contributed by atoms with Crippen molar-refractivity contribution in [2.75, 3.05) is 43.2 Å². The maximum absolute atomic E-state index is 13.1. The van der Waals surface area contributed by atoms with E-state index in [4.69, 9.17) is 21.2 Å². The normalized spacial score (nSPS) is 16.2. The highest BCUT2D eigenvalue weighted by Gasteiger charge is 2.25. The lowest BCUT2D eigenvalue weighted by atomic mass is 10.2. The predicted octanol–water partition coefficient (Wildman–Crippen LogP) is 2.56. The zero-order chi connectivity index (χ0) is 22.9. The lowest BCUT2D eigenvalue weighted by Crippen LogP contribution is -2.49. The molecular formula is C22H24ClN7O3. The van der Waals surface area contributed by atoms with Gasteiger partial charge in [-0.05, 0) is 31.2 Å². The number of hydrogen-bond acceptors (Lipinski definition) is 8. The van der Waals surface area contributed by atoms with Crippen molar-refractivity contribution >= 4 is 40.0 Å². The zero-order valence-electron chi connectivity index (χ0n) is 18.4. The van der Waals surface area contributed by atoms with Gasteiger partial charge in [0, 0.05) is 44.1 Å². The predicted molar refractivity (Wildman–Crippen MR) is 125 cm³/mol. The molecule has 0 aliphatic carbocycles. The number of allylic oxidation sites excluding steroid dienone is 1. The number of carbonyl (C=O) groups excluding carboxylic acids is 1. The van der Waals surface area contributed by atoms with Crippen LogP contribution in [0.15, 0.2) is 48.5 Å². The number of anilines is 2. The molecule has 2 aliphatic rings. The van der Waals surface area contributed by atoms with Crippen LogP contribution >= 0.6 is 11.6 Å². The summed E-state index contributed by atoms with van der Waals surface area (Å²) in [5, 5.41) is 7.73. The maximum Gasteiger partial charge on any atom is 0.244 e. The number of rotatable bonds is 5. The second-order valence-corrected chi connectivity index (χ2v) is 8.25. The Morgan fingerprint density at radius 2 is 2.06 bits per heavy atom. The summed E-state index contributed by atoms with van der Waals surface area (Å²) in [7, 11) is 1.60. The Balaban J connectivity index is 1.28. The molecule has 33 heavy (non-hydrogen) atoms. The third kappa shape index (κ3) is 4.14. The van der Waals surface area contributed by atoms with E-state index >= 15 is 0 Å². The number of nitrogens with one attached hydrogen (secondary N) is 1. The molecule has 2 aliphatic heterocycles. The second-order valence-electron chi connectivity index (χ2n) is 7.85. The van der Waals surface area contributed by atoms with E-state index in [0.29, 0.717) is 41.1 Å². The molecule has 0 atom stereocenters. The van der Waals surface area contributed by atoms with Crippen LogP contribution in [0.4, 0.5) is 11.5 Å². The molecule has 4 heterocycles. The molecule has 3 aromatic rings. The molecule has 2 aromatic heterocycles. The topological polar surface area (TPSA) is 88.0 Å². The number of piperazine rings is 1. The van der Waals surface area contributed by atoms with Crippen molar-refractivity contribution in [3.05, 3.63) is 53.5 Å². The molecule has 0 bridgehead atoms. The molecule has 1 amide bonds. The number of hydrogen-bond donors (Lipinski definition) is 1. The fourth-order valence-corrected chi connectivity index (χ4v) is 4.22. The third-order valence-corrected chi connectivity index (χ3v) is 6.06. The van der Waals surface area contributed by atoms with Gasteiger partial charge in [-0.1, -0.05) is 17.2 Å². The first-order valence-electron chi connectivity index (χ1n) is 10.6. The van der Waals surface area contributed by atoms with E-state index in [1.807, 2.05) is 42.2 Å². The van der Waals surface area contributed by atoms with Crippen LogP contribution in [0.1, 0.15) is 6.92 Å². The average molecular weight is 470 g/mol. The summed E-state index contributed by atoms with van der Waals surface area (Å²) in [5.41, 5.74) is 4.47. The van der Waals surface area contributed by atoms with Crippen molar-refractivity contribution in [3.8, 4) is 5.75 Å². The van der Waals surface area contributed by atoms with Crippen LogP contribution in [0.2, 0.25) is 5.02 Å². The number of aromatic nitrogens is 3. The Labute approximate surface area is 195 Å². The minimum Gasteiger partial charge on any atom is -0.495 e. The van der Waals surface area contributed by atoms with Gasteiger partial charge in [-0.15, -0.1) is 0 Å². The monoisotopic (exact) mass is 469 g/mol. The Morgan fingerprint density at radius 3 is 2.79 bits per heavy atom. The van der Waals surface area contributed by atoms with Crippen molar-refractivity contribution in [3.63, 3.8) is 0 Å². The third-order valence-electron chi connectivity index (χ3n) is 5.75. The number of amides is 1. The van der Waals surface area contributed by atoms with Crippen LogP contribution in [0.5, 0.6) is 5.75 Å². The van der Waals surface area contributed by atoms with E-state index in [9.17, 15) is 4.79 Å². The lowest BCUT2D eigenvalue weighted by Gasteiger charge is -2.36. The van der Waals surface area contributed by atoms with E-state index < -0.39 is 0 Å². The van der Waals surface area contributed by atoms with Crippen LogP contribution < -0.4 is 20.2 Å². The number of hydrazine groups is 1. The molecule has 0 spiro atoms. The van der Waals surface area contributed by atoms with E-state index in [2.05, 4.69) is 20.6 Å². The number of halogens is 1. The summed E-state index contributed by atoms with van der Waals surface area (Å²) in [6, 6.07) is 9.50. The van der Waals surface area contributed by atoms with Crippen LogP contribution in [0.25, 0.3) is 11.0 Å². The molecule has 1 fully saturated rings. The molecule has 0 unspecified atom stereocenters. The van der Waals surface area contributed by atoms with Gasteiger partial charge in [-0.25, -0.2) is 14.7 Å². The highest BCUT2D eigenvalue weighted by Crippen LogP contribution is 2.30. The van der Waals surface area contributed by atoms with Crippen LogP contribution in [-0.2, 0) is 16.2 Å². The Kier molecular flexibility index (Phi) is 5.69. The van der Waals surface area contributed by atoms with E-state index in [1.165, 1.54) is 0 Å². The van der Waals surface area contributed by atoms with Gasteiger partial charge in [0.25, 0.3) is 0 Å². The summed E-state index contributed by atoms with van der Waals surface area (Å²) in [6.45, 7) is 4.63. The summed E-state index contributed by atoms with van der Waals surface area (Å²) in [5.74, 6) is 1.99. The standard InChI is InChI=1S/C22H24ClN7O3/c1-15-13-30(26-33-15)22-17-4-3-7-24-21(17)29(25-22)14-20(31)28-10-8-27(9-11-28)16-5-6-18(23)19(12-16)32-2/h3-7,12-13,26H,8-11,14H2,1-2H3. The summed E-state index contributed by atoms with van der Waals surface area (Å²) in [4.78, 5) is 26.9. The number of fused-ring (bicyclic) bond motifs is 1. The molecular weight excluding hydrogens is 446 g/mol. The number of carbonyl (C=O) groups is 1. The zero-order valence-corrected chi connectivity index (χ0v) is 19.1. The van der Waals surface area contributed by atoms with E-state index in [-0.39, 0.29) is 12.5 Å². The van der Waals surface area contributed by atoms with Crippen molar-refractivity contribution in [2.45, 2.75) is 13.5 Å². The van der Waals surface area contributed by atoms with Gasteiger partial charge >= 0.3 is 0 Å². The second kappa shape index (κ2) is 8.80. The van der Waals surface area contributed by atoms with E-state index in [1.54, 1.807) is 29.2 Å². The van der Waals surface area contributed by atoms with Crippen molar-refractivity contribution in [2.24, 2.45) is 0 Å². The molecule has 11 heteroatoms. The van der Waals surface area contributed by atoms with Gasteiger partial charge < -0.3 is 19.4 Å². The fourth-order valence-electron chi connectivity index (χ4n) is 4.03. The van der Waals surface area contributed by atoms with Gasteiger partial charge in [-0.2, -0.15) is 5.10 Å². The first-order chi connectivity index (χ1) is 16.0. The Hall–Kier alpha value is -3.50. The van der Waals surface area contributed by atoms with Gasteiger partial charge in [0.2, 0.25) is 5.91 Å². The minimum atomic E-state index is 0.00212. The quantitative estimate of drug-likeness (QED) is 0.610. The number of pyridine rings is 1. The Bertz CT molecular complexity index is 1220. The molecule has 172 valence electrons. The van der Waals surface area contributed by atoms with Crippen LogP contribution in [-0.4, -0.2) is 58.9 Å². The summed E-state index contributed by atoms with van der Waals surface area (Å²) in [6.07, 6.45) is 3.49. The summed E-state index contributed by atoms with van der Waals surface area (Å²) >= 11 is 6.14. The van der Waals surface area contributed by atoms with E-state index in [0.717, 1.165) is 24.2 Å². The number of methoxy groups -OCH3 is 1. The number of benzene rings is 1. The van der Waals surface area contributed by atoms with Gasteiger partial charge in [0.05, 0.1) is 23.7 Å². The molecule has 0 saturated carbocycles. The lowest BCUT2D eigenvalue weighted by molar-refractivity contribution is -0.132. The molecule has 5 rings (SSSR count). The highest BCUT2D eigenvalue weighted by atomic mass is 35.5. The first kappa shape index (κ1) is 21.4. The van der Waals surface area contributed by atoms with Gasteiger partial charge in [0.15, 0.2) is 11.5 Å². The molecule has 1 saturated heterocycles. The van der Waals surface area contributed by atoms with Crippen molar-refractivity contribution < 1.29 is 14.4 Å². The van der Waals surface area contributed by atoms with Crippen molar-refractivity contribution in [1.29, 1.82) is 0 Å². The SMILES string of the molecule is COc1cc(N2CCN(C(=O)Cn3nc(N4C=C(C)ON4)c4cccnc43)CC2)ccc1Cl. The maximum atomic E-state index is 13.1. The van der Waals surface area contributed by atoms with Gasteiger partial charge in [0.1, 0.15) is 18.1 Å². The smallest absolute Gasteiger partial charge is 0.244 e. The number of ether oxygens (including phenoxy) is 1. The first-order valence-corrected chi connectivity index (χ1v) is 11.0. The molecule has 1 aromatic carbocycles. The molecule has 10 nitrogen and oxygen atoms in total. The largest absolute Gasteiger partial charge is 0.495 e. The Morgan fingerprint density at radius 1 is 1.24 bits per heavy atom. The summed E-state index contributed by atoms with van der Waals surface area (Å²) < 4.78 is 6.97. The van der Waals surface area contributed by atoms with Crippen LogP contribution in [0.3, 0.4) is 0 Å². The minimum absolute atomic E-state index is 0.00212. The molecule has 1 N–H and O–H groups in total.